The van der Waals surface area contributed by atoms with Crippen molar-refractivity contribution in [2.45, 2.75) is 26.3 Å². The third-order valence-corrected chi connectivity index (χ3v) is 4.43. The van der Waals surface area contributed by atoms with Crippen molar-refractivity contribution >= 4 is 23.1 Å². The van der Waals surface area contributed by atoms with Gasteiger partial charge in [-0.3, -0.25) is 0 Å². The van der Waals surface area contributed by atoms with Gasteiger partial charge in [-0.2, -0.15) is 0 Å². The Balaban J connectivity index is 2.10. The van der Waals surface area contributed by atoms with Crippen LogP contribution in [0.2, 0.25) is 0 Å². The van der Waals surface area contributed by atoms with E-state index in [0.717, 1.165) is 9.88 Å². The highest BCUT2D eigenvalue weighted by Crippen LogP contribution is 2.27. The summed E-state index contributed by atoms with van der Waals surface area (Å²) < 4.78 is 10.4. The zero-order chi connectivity index (χ0) is 17.0. The van der Waals surface area contributed by atoms with Gasteiger partial charge in [0.15, 0.2) is 0 Å². The van der Waals surface area contributed by atoms with Crippen molar-refractivity contribution in [3.05, 3.63) is 34.3 Å². The SMILES string of the molecule is COc1cc(NC(=O)NC(C)(C)c2ncc(C)s2)cc(OC)c1. The number of benzene rings is 1. The maximum absolute atomic E-state index is 12.3. The van der Waals surface area contributed by atoms with E-state index in [1.165, 1.54) is 0 Å². The predicted octanol–water partition coefficient (Wildman–Crippen LogP) is 3.53. The number of hydrogen-bond acceptors (Lipinski definition) is 5. The number of rotatable bonds is 5. The van der Waals surface area contributed by atoms with Crippen molar-refractivity contribution in [3.8, 4) is 11.5 Å². The third kappa shape index (κ3) is 4.35. The van der Waals surface area contributed by atoms with Gasteiger partial charge in [-0.25, -0.2) is 9.78 Å². The number of methoxy groups -OCH3 is 2. The van der Waals surface area contributed by atoms with Gasteiger partial charge in [-0.1, -0.05) is 0 Å². The van der Waals surface area contributed by atoms with Gasteiger partial charge in [0.05, 0.1) is 19.8 Å². The van der Waals surface area contributed by atoms with E-state index in [9.17, 15) is 4.79 Å². The molecule has 23 heavy (non-hydrogen) atoms. The van der Waals surface area contributed by atoms with Gasteiger partial charge < -0.3 is 20.1 Å². The highest BCUT2D eigenvalue weighted by molar-refractivity contribution is 7.11. The molecule has 0 unspecified atom stereocenters. The zero-order valence-corrected chi connectivity index (χ0v) is 14.7. The lowest BCUT2D eigenvalue weighted by atomic mass is 10.1. The summed E-state index contributed by atoms with van der Waals surface area (Å²) in [5, 5.41) is 6.57. The topological polar surface area (TPSA) is 72.5 Å². The monoisotopic (exact) mass is 335 g/mol. The van der Waals surface area contributed by atoms with Crippen LogP contribution in [0.5, 0.6) is 11.5 Å². The highest BCUT2D eigenvalue weighted by Gasteiger charge is 2.26. The number of nitrogens with one attached hydrogen (secondary N) is 2. The number of thiazole rings is 1. The lowest BCUT2D eigenvalue weighted by molar-refractivity contribution is 0.242. The molecule has 2 rings (SSSR count). The predicted molar refractivity (Wildman–Crippen MR) is 91.6 cm³/mol. The Labute approximate surface area is 139 Å². The Morgan fingerprint density at radius 1 is 1.17 bits per heavy atom. The van der Waals surface area contributed by atoms with Crippen LogP contribution in [0.1, 0.15) is 23.7 Å². The summed E-state index contributed by atoms with van der Waals surface area (Å²) in [4.78, 5) is 17.7. The molecule has 0 fully saturated rings. The molecule has 7 heteroatoms. The Bertz CT molecular complexity index is 675. The maximum atomic E-state index is 12.3. The second-order valence-electron chi connectivity index (χ2n) is 5.58. The molecule has 0 saturated heterocycles. The Kier molecular flexibility index (Phi) is 5.10. The van der Waals surface area contributed by atoms with Crippen LogP contribution < -0.4 is 20.1 Å². The van der Waals surface area contributed by atoms with Gasteiger partial charge in [-0.15, -0.1) is 11.3 Å². The molecular formula is C16H21N3O3S. The van der Waals surface area contributed by atoms with Crippen LogP contribution in [-0.2, 0) is 5.54 Å². The van der Waals surface area contributed by atoms with E-state index in [-0.39, 0.29) is 6.03 Å². The summed E-state index contributed by atoms with van der Waals surface area (Å²) >= 11 is 1.56. The normalized spacial score (nSPS) is 11.0. The van der Waals surface area contributed by atoms with Crippen molar-refractivity contribution in [2.75, 3.05) is 19.5 Å². The summed E-state index contributed by atoms with van der Waals surface area (Å²) in [7, 11) is 3.12. The summed E-state index contributed by atoms with van der Waals surface area (Å²) in [6.45, 7) is 5.81. The molecular weight excluding hydrogens is 314 g/mol. The minimum Gasteiger partial charge on any atom is -0.497 e. The number of aryl methyl sites for hydroxylation is 1. The Morgan fingerprint density at radius 3 is 2.26 bits per heavy atom. The molecule has 0 aliphatic heterocycles. The van der Waals surface area contributed by atoms with Crippen LogP contribution in [-0.4, -0.2) is 25.2 Å². The number of amides is 2. The van der Waals surface area contributed by atoms with E-state index in [1.807, 2.05) is 20.8 Å². The lowest BCUT2D eigenvalue weighted by Crippen LogP contribution is -2.43. The number of ether oxygens (including phenoxy) is 2. The van der Waals surface area contributed by atoms with Crippen LogP contribution in [0.25, 0.3) is 0 Å². The van der Waals surface area contributed by atoms with Crippen LogP contribution in [0.15, 0.2) is 24.4 Å². The number of carbonyl (C=O) groups excluding carboxylic acids is 1. The molecule has 0 radical (unpaired) electrons. The van der Waals surface area contributed by atoms with Gasteiger partial charge in [0.25, 0.3) is 0 Å². The van der Waals surface area contributed by atoms with Gasteiger partial charge in [-0.05, 0) is 20.8 Å². The van der Waals surface area contributed by atoms with Crippen molar-refractivity contribution in [1.82, 2.24) is 10.3 Å². The molecule has 1 aromatic carbocycles. The molecule has 0 atom stereocenters. The summed E-state index contributed by atoms with van der Waals surface area (Å²) in [5.41, 5.74) is 0.0243. The first kappa shape index (κ1) is 17.1. The molecule has 1 heterocycles. The maximum Gasteiger partial charge on any atom is 0.320 e. The second-order valence-corrected chi connectivity index (χ2v) is 6.82. The first-order valence-electron chi connectivity index (χ1n) is 7.09. The number of hydrogen-bond donors (Lipinski definition) is 2. The Hall–Kier alpha value is -2.28. The quantitative estimate of drug-likeness (QED) is 0.877. The van der Waals surface area contributed by atoms with Crippen LogP contribution in [0.4, 0.5) is 10.5 Å². The Morgan fingerprint density at radius 2 is 1.78 bits per heavy atom. The molecule has 2 aromatic rings. The van der Waals surface area contributed by atoms with Crippen molar-refractivity contribution < 1.29 is 14.3 Å². The number of urea groups is 1. The molecule has 6 nitrogen and oxygen atoms in total. The van der Waals surface area contributed by atoms with E-state index < -0.39 is 5.54 Å². The van der Waals surface area contributed by atoms with Gasteiger partial charge in [0.2, 0.25) is 0 Å². The van der Waals surface area contributed by atoms with E-state index in [2.05, 4.69) is 15.6 Å². The minimum absolute atomic E-state index is 0.321. The van der Waals surface area contributed by atoms with Crippen LogP contribution in [0, 0.1) is 6.92 Å². The largest absolute Gasteiger partial charge is 0.497 e. The third-order valence-electron chi connectivity index (χ3n) is 3.19. The van der Waals surface area contributed by atoms with Crippen LogP contribution in [0.3, 0.4) is 0 Å². The van der Waals surface area contributed by atoms with Gasteiger partial charge >= 0.3 is 6.03 Å². The standard InChI is InChI=1S/C16H21N3O3S/c1-10-9-17-14(23-10)16(2,3)19-15(20)18-11-6-12(21-4)8-13(7-11)22-5/h6-9H,1-5H3,(H2,18,19,20). The molecule has 0 spiro atoms. The molecule has 0 aliphatic carbocycles. The first-order chi connectivity index (χ1) is 10.8. The van der Waals surface area contributed by atoms with E-state index in [4.69, 9.17) is 9.47 Å². The number of nitrogens with zero attached hydrogens (tertiary/aromatic N) is 1. The fraction of sp³-hybridized carbons (Fsp3) is 0.375. The van der Waals surface area contributed by atoms with Crippen molar-refractivity contribution in [3.63, 3.8) is 0 Å². The molecule has 124 valence electrons. The fourth-order valence-electron chi connectivity index (χ4n) is 2.02. The fourth-order valence-corrected chi connectivity index (χ4v) is 2.84. The molecule has 0 bridgehead atoms. The van der Waals surface area contributed by atoms with E-state index in [0.29, 0.717) is 17.2 Å². The highest BCUT2D eigenvalue weighted by atomic mass is 32.1. The van der Waals surface area contributed by atoms with Gasteiger partial charge in [0.1, 0.15) is 16.5 Å². The second kappa shape index (κ2) is 6.87. The summed E-state index contributed by atoms with van der Waals surface area (Å²) in [5.74, 6) is 1.21. The number of aromatic nitrogens is 1. The molecule has 2 amide bonds. The van der Waals surface area contributed by atoms with Crippen LogP contribution >= 0.6 is 11.3 Å². The van der Waals surface area contributed by atoms with Gasteiger partial charge in [0, 0.05) is 35.0 Å². The zero-order valence-electron chi connectivity index (χ0n) is 13.9. The van der Waals surface area contributed by atoms with E-state index in [1.54, 1.807) is 50.0 Å². The smallest absolute Gasteiger partial charge is 0.320 e. The molecule has 0 aliphatic rings. The number of carbonyl (C=O) groups is 1. The van der Waals surface area contributed by atoms with E-state index >= 15 is 0 Å². The molecule has 0 saturated carbocycles. The van der Waals surface area contributed by atoms with Crippen molar-refractivity contribution in [1.29, 1.82) is 0 Å². The van der Waals surface area contributed by atoms with Crippen molar-refractivity contribution in [2.24, 2.45) is 0 Å². The minimum atomic E-state index is -0.564. The average molecular weight is 335 g/mol. The summed E-state index contributed by atoms with van der Waals surface area (Å²) in [6, 6.07) is 4.87. The lowest BCUT2D eigenvalue weighted by Gasteiger charge is -2.24. The number of anilines is 1. The summed E-state index contributed by atoms with van der Waals surface area (Å²) in [6.07, 6.45) is 1.80. The average Bonchev–Trinajstić information content (AvgIpc) is 2.93. The first-order valence-corrected chi connectivity index (χ1v) is 7.91. The molecule has 1 aromatic heterocycles. The molecule has 2 N–H and O–H groups in total.